The van der Waals surface area contributed by atoms with Crippen molar-refractivity contribution < 1.29 is 0 Å². The molecule has 296 valence electrons. The Kier molecular flexibility index (Phi) is 8.76. The fraction of sp³-hybridized carbons (Fsp3) is 0.0164. The van der Waals surface area contributed by atoms with Gasteiger partial charge in [-0.3, -0.25) is 0 Å². The van der Waals surface area contributed by atoms with Crippen LogP contribution in [-0.4, -0.2) is 4.57 Å². The smallest absolute Gasteiger partial charge is 0.0782 e. The van der Waals surface area contributed by atoms with Crippen molar-refractivity contribution in [2.75, 3.05) is 4.90 Å². The molecule has 0 unspecified atom stereocenters. The third-order valence-electron chi connectivity index (χ3n) is 13.1. The van der Waals surface area contributed by atoms with Gasteiger partial charge in [0.2, 0.25) is 0 Å². The van der Waals surface area contributed by atoms with Crippen molar-refractivity contribution in [3.8, 4) is 39.1 Å². The zero-order valence-corrected chi connectivity index (χ0v) is 34.6. The van der Waals surface area contributed by atoms with Crippen LogP contribution in [0.5, 0.6) is 0 Å². The summed E-state index contributed by atoms with van der Waals surface area (Å²) < 4.78 is 2.46. The predicted molar refractivity (Wildman–Crippen MR) is 264 cm³/mol. The quantitative estimate of drug-likeness (QED) is 0.149. The van der Waals surface area contributed by atoms with Gasteiger partial charge in [-0.15, -0.1) is 0 Å². The van der Waals surface area contributed by atoms with E-state index in [0.717, 1.165) is 28.3 Å². The lowest BCUT2D eigenvalue weighted by Crippen LogP contribution is -2.28. The molecule has 11 aromatic rings. The lowest BCUT2D eigenvalue weighted by Gasteiger charge is -2.35. The largest absolute Gasteiger partial charge is 0.308 e. The second kappa shape index (κ2) is 15.1. The van der Waals surface area contributed by atoms with E-state index in [0.29, 0.717) is 0 Å². The highest BCUT2D eigenvalue weighted by Gasteiger charge is 2.46. The Labute approximate surface area is 368 Å². The Bertz CT molecular complexity index is 3380. The van der Waals surface area contributed by atoms with Gasteiger partial charge >= 0.3 is 0 Å². The van der Waals surface area contributed by atoms with Crippen molar-refractivity contribution in [1.82, 2.24) is 4.57 Å². The van der Waals surface area contributed by atoms with Crippen molar-refractivity contribution in [2.45, 2.75) is 5.41 Å². The monoisotopic (exact) mass is 802 g/mol. The predicted octanol–water partition coefficient (Wildman–Crippen LogP) is 16.0. The first-order valence-corrected chi connectivity index (χ1v) is 21.8. The van der Waals surface area contributed by atoms with Crippen LogP contribution in [0.3, 0.4) is 0 Å². The number of hydrogen-bond acceptors (Lipinski definition) is 1. The van der Waals surface area contributed by atoms with Gasteiger partial charge in [0.1, 0.15) is 0 Å². The molecule has 0 atom stereocenters. The Morgan fingerprint density at radius 3 is 1.57 bits per heavy atom. The minimum atomic E-state index is -0.538. The van der Waals surface area contributed by atoms with Gasteiger partial charge in [-0.05, 0) is 104 Å². The second-order valence-electron chi connectivity index (χ2n) is 16.4. The zero-order chi connectivity index (χ0) is 41.7. The van der Waals surface area contributed by atoms with Crippen molar-refractivity contribution in [3.05, 3.63) is 277 Å². The summed E-state index contributed by atoms with van der Waals surface area (Å²) in [5, 5.41) is 2.42. The molecule has 0 spiro atoms. The van der Waals surface area contributed by atoms with Crippen molar-refractivity contribution in [1.29, 1.82) is 0 Å². The molecule has 63 heavy (non-hydrogen) atoms. The van der Waals surface area contributed by atoms with Gasteiger partial charge in [0.25, 0.3) is 0 Å². The minimum Gasteiger partial charge on any atom is -0.308 e. The molecule has 1 heterocycles. The molecule has 1 aromatic heterocycles. The summed E-state index contributed by atoms with van der Waals surface area (Å²) in [5.74, 6) is 0. The molecular weight excluding hydrogens is 761 g/mol. The van der Waals surface area contributed by atoms with E-state index in [4.69, 9.17) is 0 Å². The van der Waals surface area contributed by atoms with E-state index in [2.05, 4.69) is 264 Å². The third kappa shape index (κ3) is 5.87. The van der Waals surface area contributed by atoms with Gasteiger partial charge in [-0.2, -0.15) is 0 Å². The number of para-hydroxylation sites is 2. The van der Waals surface area contributed by atoms with Crippen LogP contribution in [0, 0.1) is 0 Å². The van der Waals surface area contributed by atoms with Gasteiger partial charge < -0.3 is 9.47 Å². The first-order chi connectivity index (χ1) is 31.3. The van der Waals surface area contributed by atoms with E-state index in [1.54, 1.807) is 0 Å². The molecule has 1 aliphatic carbocycles. The van der Waals surface area contributed by atoms with E-state index < -0.39 is 5.41 Å². The summed E-state index contributed by atoms with van der Waals surface area (Å²) >= 11 is 0. The lowest BCUT2D eigenvalue weighted by atomic mass is 9.67. The summed E-state index contributed by atoms with van der Waals surface area (Å²) in [6.45, 7) is 0. The molecule has 0 saturated carbocycles. The van der Waals surface area contributed by atoms with Crippen molar-refractivity contribution in [2.24, 2.45) is 0 Å². The summed E-state index contributed by atoms with van der Waals surface area (Å²) in [5.41, 5.74) is 18.5. The molecule has 0 fully saturated rings. The topological polar surface area (TPSA) is 8.17 Å². The zero-order valence-electron chi connectivity index (χ0n) is 34.6. The van der Waals surface area contributed by atoms with E-state index in [1.807, 2.05) is 0 Å². The van der Waals surface area contributed by atoms with E-state index >= 15 is 0 Å². The maximum absolute atomic E-state index is 2.49. The number of fused-ring (bicyclic) bond motifs is 6. The normalized spacial score (nSPS) is 12.6. The molecule has 2 nitrogen and oxygen atoms in total. The second-order valence-corrected chi connectivity index (χ2v) is 16.4. The van der Waals surface area contributed by atoms with Crippen LogP contribution >= 0.6 is 0 Å². The van der Waals surface area contributed by atoms with Crippen molar-refractivity contribution in [3.63, 3.8) is 0 Å². The number of anilines is 3. The molecular formula is C61H42N2. The molecule has 0 N–H and O–H groups in total. The highest BCUT2D eigenvalue weighted by atomic mass is 15.2. The number of aromatic nitrogens is 1. The summed E-state index contributed by atoms with van der Waals surface area (Å²) in [6.07, 6.45) is 0. The Balaban J connectivity index is 1.15. The Morgan fingerprint density at radius 2 is 0.857 bits per heavy atom. The van der Waals surface area contributed by atoms with Crippen molar-refractivity contribution >= 4 is 38.9 Å². The maximum Gasteiger partial charge on any atom is 0.0782 e. The molecule has 0 bridgehead atoms. The van der Waals surface area contributed by atoms with Gasteiger partial charge in [-0.25, -0.2) is 0 Å². The van der Waals surface area contributed by atoms with Crippen LogP contribution in [-0.2, 0) is 5.41 Å². The average Bonchev–Trinajstić information content (AvgIpc) is 3.86. The molecule has 0 radical (unpaired) electrons. The third-order valence-corrected chi connectivity index (χ3v) is 13.1. The molecule has 1 aliphatic rings. The standard InChI is InChI=1S/C61H42N2/c1-5-19-43(20-6-1)45-35-37-49(38-36-45)63-58-33-16-14-30-54(58)55-31-18-34-59(60(55)63)62(50-28-17-23-46(41-50)44-21-7-2-8-22-44)51-39-40-53-52-29-13-15-32-56(52)61(57(53)42-51,47-24-9-3-10-25-47)48-26-11-4-12-27-48/h1-42H. The van der Waals surface area contributed by atoms with Crippen LogP contribution in [0.25, 0.3) is 60.9 Å². The first-order valence-electron chi connectivity index (χ1n) is 21.8. The van der Waals surface area contributed by atoms with Crippen LogP contribution in [0.4, 0.5) is 17.1 Å². The number of hydrogen-bond donors (Lipinski definition) is 0. The van der Waals surface area contributed by atoms with Gasteiger partial charge in [-0.1, -0.05) is 206 Å². The summed E-state index contributed by atoms with van der Waals surface area (Å²) in [6, 6.07) is 93.4. The fourth-order valence-corrected chi connectivity index (χ4v) is 10.3. The molecule has 2 heteroatoms. The van der Waals surface area contributed by atoms with Crippen LogP contribution in [0.2, 0.25) is 0 Å². The fourth-order valence-electron chi connectivity index (χ4n) is 10.3. The lowest BCUT2D eigenvalue weighted by molar-refractivity contribution is 0.768. The summed E-state index contributed by atoms with van der Waals surface area (Å²) in [4.78, 5) is 2.49. The maximum atomic E-state index is 2.49. The number of benzene rings is 10. The molecule has 0 saturated heterocycles. The average molecular weight is 803 g/mol. The van der Waals surface area contributed by atoms with Crippen LogP contribution in [0.15, 0.2) is 255 Å². The highest BCUT2D eigenvalue weighted by Crippen LogP contribution is 2.57. The Hall–Kier alpha value is -8.20. The Morgan fingerprint density at radius 1 is 0.333 bits per heavy atom. The minimum absolute atomic E-state index is 0.538. The highest BCUT2D eigenvalue weighted by molar-refractivity contribution is 6.14. The van der Waals surface area contributed by atoms with Gasteiger partial charge in [0, 0.05) is 27.8 Å². The number of rotatable bonds is 8. The number of nitrogens with zero attached hydrogens (tertiary/aromatic N) is 2. The SMILES string of the molecule is c1ccc(-c2ccc(-n3c4ccccc4c4cccc(N(c5cccc(-c6ccccc6)c5)c5ccc6c(c5)C(c5ccccc5)(c5ccccc5)c5ccccc5-6)c43)cc2)cc1. The van der Waals surface area contributed by atoms with Gasteiger partial charge in [0.05, 0.1) is 22.1 Å². The van der Waals surface area contributed by atoms with Crippen LogP contribution < -0.4 is 4.90 Å². The molecule has 0 amide bonds. The van der Waals surface area contributed by atoms with E-state index in [-0.39, 0.29) is 0 Å². The van der Waals surface area contributed by atoms with Gasteiger partial charge in [0.15, 0.2) is 0 Å². The van der Waals surface area contributed by atoms with E-state index in [9.17, 15) is 0 Å². The molecule has 12 rings (SSSR count). The van der Waals surface area contributed by atoms with E-state index in [1.165, 1.54) is 71.9 Å². The molecule has 10 aromatic carbocycles. The molecule has 0 aliphatic heterocycles. The first kappa shape index (κ1) is 36.6. The summed E-state index contributed by atoms with van der Waals surface area (Å²) in [7, 11) is 0. The van der Waals surface area contributed by atoms with Crippen LogP contribution in [0.1, 0.15) is 22.3 Å².